The molecule has 2 N–H and O–H groups in total. The average Bonchev–Trinajstić information content (AvgIpc) is 2.80. The van der Waals surface area contributed by atoms with Gasteiger partial charge in [-0.15, -0.1) is 0 Å². The molecule has 3 rings (SSSR count). The van der Waals surface area contributed by atoms with Crippen molar-refractivity contribution in [1.82, 2.24) is 0 Å². The first kappa shape index (κ1) is 29.3. The Morgan fingerprint density at radius 1 is 0.921 bits per heavy atom. The maximum Gasteiger partial charge on any atom is 0.417 e. The van der Waals surface area contributed by atoms with Gasteiger partial charge in [-0.1, -0.05) is 29.3 Å². The SMILES string of the molecule is Cc1ccc(N(C(C)C(=O)Nc2ccc(S(=O)(=O)Nc3ccc(Cl)c(C(F)(F)F)c3)cc2)S(C)(=O)=O)cc1. The van der Waals surface area contributed by atoms with Crippen LogP contribution in [0.5, 0.6) is 0 Å². The van der Waals surface area contributed by atoms with Gasteiger partial charge in [0.2, 0.25) is 15.9 Å². The van der Waals surface area contributed by atoms with E-state index in [0.717, 1.165) is 40.4 Å². The van der Waals surface area contributed by atoms with Gasteiger partial charge in [-0.05, 0) is 68.4 Å². The monoisotopic (exact) mass is 589 g/mol. The van der Waals surface area contributed by atoms with E-state index in [1.54, 1.807) is 24.3 Å². The summed E-state index contributed by atoms with van der Waals surface area (Å²) in [7, 11) is -8.12. The first-order valence-corrected chi connectivity index (χ1v) is 14.6. The van der Waals surface area contributed by atoms with Crippen LogP contribution in [-0.2, 0) is 31.0 Å². The third-order valence-electron chi connectivity index (χ3n) is 5.33. The van der Waals surface area contributed by atoms with E-state index in [2.05, 4.69) is 10.0 Å². The minimum atomic E-state index is -4.78. The summed E-state index contributed by atoms with van der Waals surface area (Å²) in [6.07, 6.45) is -3.80. The summed E-state index contributed by atoms with van der Waals surface area (Å²) in [5.74, 6) is -0.675. The van der Waals surface area contributed by atoms with Crippen LogP contribution in [0, 0.1) is 6.92 Å². The predicted octanol–water partition coefficient (Wildman–Crippen LogP) is 5.26. The maximum absolute atomic E-state index is 13.1. The number of hydrogen-bond donors (Lipinski definition) is 2. The molecule has 1 amide bonds. The van der Waals surface area contributed by atoms with Crippen molar-refractivity contribution in [3.05, 3.63) is 82.9 Å². The fourth-order valence-corrected chi connectivity index (χ4v) is 5.93. The van der Waals surface area contributed by atoms with Gasteiger partial charge in [0, 0.05) is 11.4 Å². The number of carbonyl (C=O) groups is 1. The molecule has 0 aliphatic heterocycles. The second kappa shape index (κ2) is 10.8. The minimum Gasteiger partial charge on any atom is -0.324 e. The van der Waals surface area contributed by atoms with E-state index in [-0.39, 0.29) is 16.3 Å². The topological polar surface area (TPSA) is 113 Å². The van der Waals surface area contributed by atoms with Crippen molar-refractivity contribution in [3.63, 3.8) is 0 Å². The fourth-order valence-electron chi connectivity index (χ4n) is 3.48. The number of nitrogens with zero attached hydrogens (tertiary/aromatic N) is 1. The molecule has 0 spiro atoms. The molecule has 3 aromatic rings. The number of carbonyl (C=O) groups excluding carboxylic acids is 1. The van der Waals surface area contributed by atoms with Crippen molar-refractivity contribution in [1.29, 1.82) is 0 Å². The number of alkyl halides is 3. The lowest BCUT2D eigenvalue weighted by atomic mass is 10.2. The van der Waals surface area contributed by atoms with Crippen molar-refractivity contribution in [2.75, 3.05) is 20.6 Å². The number of anilines is 3. The summed E-state index contributed by atoms with van der Waals surface area (Å²) in [6, 6.07) is 12.8. The van der Waals surface area contributed by atoms with Gasteiger partial charge in [0.25, 0.3) is 10.0 Å². The molecule has 1 unspecified atom stereocenters. The third kappa shape index (κ3) is 6.97. The van der Waals surface area contributed by atoms with Crippen LogP contribution in [-0.4, -0.2) is 35.0 Å². The quantitative estimate of drug-likeness (QED) is 0.372. The van der Waals surface area contributed by atoms with E-state index in [4.69, 9.17) is 11.6 Å². The van der Waals surface area contributed by atoms with Crippen molar-refractivity contribution in [3.8, 4) is 0 Å². The molecular weight excluding hydrogens is 567 g/mol. The second-order valence-corrected chi connectivity index (χ2v) is 12.3. The van der Waals surface area contributed by atoms with Crippen molar-refractivity contribution in [2.45, 2.75) is 31.0 Å². The first-order valence-electron chi connectivity index (χ1n) is 10.9. The van der Waals surface area contributed by atoms with Gasteiger partial charge in [0.1, 0.15) is 6.04 Å². The summed E-state index contributed by atoms with van der Waals surface area (Å²) in [5, 5.41) is 1.96. The third-order valence-corrected chi connectivity index (χ3v) is 8.30. The standard InChI is InChI=1S/C24H23ClF3N3O5S2/c1-15-4-9-19(10-5-15)31(37(3,33)34)16(2)23(32)29-17-6-11-20(12-7-17)38(35,36)30-18-8-13-22(25)21(14-18)24(26,27)28/h4-14,16,30H,1-3H3,(H,29,32). The Hall–Kier alpha value is -3.29. The van der Waals surface area contributed by atoms with Crippen molar-refractivity contribution >= 4 is 54.6 Å². The molecule has 0 bridgehead atoms. The molecule has 3 aromatic carbocycles. The van der Waals surface area contributed by atoms with Gasteiger partial charge in [-0.25, -0.2) is 16.8 Å². The van der Waals surface area contributed by atoms with E-state index in [1.807, 2.05) is 6.92 Å². The highest BCUT2D eigenvalue weighted by atomic mass is 35.5. The molecule has 0 heterocycles. The summed E-state index contributed by atoms with van der Waals surface area (Å²) in [5.41, 5.74) is -0.168. The number of amides is 1. The zero-order valence-electron chi connectivity index (χ0n) is 20.2. The molecule has 0 aliphatic rings. The largest absolute Gasteiger partial charge is 0.417 e. The molecule has 0 aromatic heterocycles. The lowest BCUT2D eigenvalue weighted by Crippen LogP contribution is -2.45. The Morgan fingerprint density at radius 2 is 1.47 bits per heavy atom. The molecule has 14 heteroatoms. The van der Waals surface area contributed by atoms with Crippen LogP contribution in [0.1, 0.15) is 18.1 Å². The van der Waals surface area contributed by atoms with Gasteiger partial charge in [-0.3, -0.25) is 13.8 Å². The van der Waals surface area contributed by atoms with Crippen molar-refractivity contribution < 1.29 is 34.8 Å². The van der Waals surface area contributed by atoms with Gasteiger partial charge < -0.3 is 5.32 Å². The Kier molecular flexibility index (Phi) is 8.34. The molecule has 204 valence electrons. The van der Waals surface area contributed by atoms with E-state index in [1.165, 1.54) is 19.1 Å². The van der Waals surface area contributed by atoms with Gasteiger partial charge in [-0.2, -0.15) is 13.2 Å². The zero-order valence-corrected chi connectivity index (χ0v) is 22.6. The summed E-state index contributed by atoms with van der Waals surface area (Å²) in [6.45, 7) is 3.24. The van der Waals surface area contributed by atoms with Gasteiger partial charge in [0.15, 0.2) is 0 Å². The van der Waals surface area contributed by atoms with Crippen LogP contribution in [0.3, 0.4) is 0 Å². The fraction of sp³-hybridized carbons (Fsp3) is 0.208. The highest BCUT2D eigenvalue weighted by Gasteiger charge is 2.34. The molecule has 0 fully saturated rings. The maximum atomic E-state index is 13.1. The number of nitrogens with one attached hydrogen (secondary N) is 2. The molecule has 0 saturated heterocycles. The lowest BCUT2D eigenvalue weighted by Gasteiger charge is -2.28. The number of halogens is 4. The van der Waals surface area contributed by atoms with Crippen LogP contribution in [0.25, 0.3) is 0 Å². The predicted molar refractivity (Wildman–Crippen MR) is 140 cm³/mol. The highest BCUT2D eigenvalue weighted by Crippen LogP contribution is 2.36. The number of sulfonamides is 2. The number of rotatable bonds is 8. The average molecular weight is 590 g/mol. The van der Waals surface area contributed by atoms with E-state index >= 15 is 0 Å². The normalized spacial score (nSPS) is 13.0. The van der Waals surface area contributed by atoms with E-state index in [9.17, 15) is 34.8 Å². The molecular formula is C24H23ClF3N3O5S2. The molecule has 38 heavy (non-hydrogen) atoms. The van der Waals surface area contributed by atoms with Crippen LogP contribution in [0.15, 0.2) is 71.6 Å². The first-order chi connectivity index (χ1) is 17.5. The Balaban J connectivity index is 1.77. The van der Waals surface area contributed by atoms with Gasteiger partial charge in [0.05, 0.1) is 27.4 Å². The summed E-state index contributed by atoms with van der Waals surface area (Å²) in [4.78, 5) is 12.6. The molecule has 0 aliphatic carbocycles. The zero-order chi connectivity index (χ0) is 28.5. The van der Waals surface area contributed by atoms with Gasteiger partial charge >= 0.3 is 6.18 Å². The second-order valence-electron chi connectivity index (χ2n) is 8.38. The number of aryl methyl sites for hydroxylation is 1. The smallest absolute Gasteiger partial charge is 0.324 e. The summed E-state index contributed by atoms with van der Waals surface area (Å²) < 4.78 is 92.5. The van der Waals surface area contributed by atoms with Crippen LogP contribution < -0.4 is 14.3 Å². The van der Waals surface area contributed by atoms with E-state index < -0.39 is 48.8 Å². The van der Waals surface area contributed by atoms with E-state index in [0.29, 0.717) is 11.8 Å². The van der Waals surface area contributed by atoms with Crippen molar-refractivity contribution in [2.24, 2.45) is 0 Å². The molecule has 1 atom stereocenters. The van der Waals surface area contributed by atoms with Crippen LogP contribution in [0.2, 0.25) is 5.02 Å². The molecule has 8 nitrogen and oxygen atoms in total. The summed E-state index contributed by atoms with van der Waals surface area (Å²) >= 11 is 5.57. The highest BCUT2D eigenvalue weighted by molar-refractivity contribution is 7.92. The number of benzene rings is 3. The lowest BCUT2D eigenvalue weighted by molar-refractivity contribution is -0.137. The molecule has 0 saturated carbocycles. The Morgan fingerprint density at radius 3 is 2.00 bits per heavy atom. The number of hydrogen-bond acceptors (Lipinski definition) is 5. The molecule has 0 radical (unpaired) electrons. The Labute approximate surface area is 223 Å². The van der Waals surface area contributed by atoms with Crippen LogP contribution >= 0.6 is 11.6 Å². The van der Waals surface area contributed by atoms with Crippen LogP contribution in [0.4, 0.5) is 30.2 Å². The Bertz CT molecular complexity index is 1540. The minimum absolute atomic E-state index is 0.170.